The molecule has 67 heavy (non-hydrogen) atoms. The Kier molecular flexibility index (Phi) is 9.87. The number of anilines is 3. The van der Waals surface area contributed by atoms with Crippen LogP contribution in [0.4, 0.5) is 17.1 Å². The van der Waals surface area contributed by atoms with Crippen molar-refractivity contribution in [3.8, 4) is 50.3 Å². The molecule has 0 radical (unpaired) electrons. The summed E-state index contributed by atoms with van der Waals surface area (Å²) in [5, 5.41) is 6.18. The van der Waals surface area contributed by atoms with Crippen LogP contribution in [-0.2, 0) is 26.5 Å². The predicted molar refractivity (Wildman–Crippen MR) is 269 cm³/mol. The number of pyridine rings is 1. The van der Waals surface area contributed by atoms with E-state index in [1.54, 1.807) is 0 Å². The first-order valence-electron chi connectivity index (χ1n) is 22.4. The average Bonchev–Trinajstić information content (AvgIpc) is 4.02. The number of fused-ring (bicyclic) bond motifs is 7. The van der Waals surface area contributed by atoms with E-state index >= 15 is 0 Å². The summed E-state index contributed by atoms with van der Waals surface area (Å²) in [6.07, 6.45) is 1.95. The molecule has 0 bridgehead atoms. The fourth-order valence-corrected chi connectivity index (χ4v) is 10.7. The summed E-state index contributed by atoms with van der Waals surface area (Å²) >= 11 is 0. The van der Waals surface area contributed by atoms with Crippen molar-refractivity contribution in [2.45, 2.75) is 5.41 Å². The molecule has 0 fully saturated rings. The molecule has 5 nitrogen and oxygen atoms in total. The van der Waals surface area contributed by atoms with Crippen molar-refractivity contribution in [1.29, 1.82) is 0 Å². The first-order valence-corrected chi connectivity index (χ1v) is 22.4. The van der Waals surface area contributed by atoms with Crippen LogP contribution in [0.3, 0.4) is 0 Å². The van der Waals surface area contributed by atoms with Gasteiger partial charge in [0.05, 0.1) is 7.05 Å². The van der Waals surface area contributed by atoms with Gasteiger partial charge in [0.2, 0.25) is 0 Å². The number of hydroxylamine groups is 1. The van der Waals surface area contributed by atoms with Crippen molar-refractivity contribution in [1.82, 2.24) is 9.55 Å². The third-order valence-corrected chi connectivity index (χ3v) is 13.5. The molecule has 0 unspecified atom stereocenters. The largest absolute Gasteiger partial charge is 0.319 e. The Hall–Kier alpha value is -7.82. The van der Waals surface area contributed by atoms with Gasteiger partial charge in [0.25, 0.3) is 0 Å². The van der Waals surface area contributed by atoms with Gasteiger partial charge in [-0.15, -0.1) is 38.8 Å². The fourth-order valence-electron chi connectivity index (χ4n) is 10.7. The van der Waals surface area contributed by atoms with Crippen LogP contribution in [0.25, 0.3) is 72.1 Å². The van der Waals surface area contributed by atoms with Gasteiger partial charge >= 0.3 is 0 Å². The van der Waals surface area contributed by atoms with Gasteiger partial charge in [0, 0.05) is 43.9 Å². The maximum atomic E-state index is 5.18. The van der Waals surface area contributed by atoms with Crippen LogP contribution < -0.4 is 10.1 Å². The van der Waals surface area contributed by atoms with E-state index in [-0.39, 0.29) is 21.1 Å². The van der Waals surface area contributed by atoms with E-state index in [0.717, 1.165) is 78.1 Å². The summed E-state index contributed by atoms with van der Waals surface area (Å²) < 4.78 is 2.31. The van der Waals surface area contributed by atoms with Gasteiger partial charge in [-0.3, -0.25) is 0 Å². The minimum atomic E-state index is -0.766. The zero-order chi connectivity index (χ0) is 43.8. The fraction of sp³-hybridized carbons (Fsp3) is 0.0328. The Morgan fingerprint density at radius 2 is 1.06 bits per heavy atom. The molecular weight excluding hydrogens is 1000 g/mol. The van der Waals surface area contributed by atoms with Crippen LogP contribution in [-0.4, -0.2) is 21.5 Å². The number of hydrogen-bond acceptors (Lipinski definition) is 3. The molecule has 6 heteroatoms. The molecule has 0 saturated carbocycles. The molecule has 3 heterocycles. The van der Waals surface area contributed by atoms with Crippen LogP contribution in [0.15, 0.2) is 225 Å². The molecule has 1 N–H and O–H groups in total. The maximum Gasteiger partial charge on any atom is 0.145 e. The Balaban J connectivity index is 0.00000468. The van der Waals surface area contributed by atoms with E-state index in [9.17, 15) is 0 Å². The van der Waals surface area contributed by atoms with Gasteiger partial charge < -0.3 is 4.57 Å². The van der Waals surface area contributed by atoms with Crippen LogP contribution in [0.1, 0.15) is 22.3 Å². The summed E-state index contributed by atoms with van der Waals surface area (Å²) in [6.45, 7) is 0. The summed E-state index contributed by atoms with van der Waals surface area (Å²) in [5.41, 5.74) is 17.9. The van der Waals surface area contributed by atoms with Crippen molar-refractivity contribution >= 4 is 38.9 Å². The molecule has 0 amide bonds. The third kappa shape index (κ3) is 6.27. The molecule has 1 aliphatic heterocycles. The standard InChI is InChI=1S/C61H40N4O.Pt/c1-63-56-32-14-15-33-57(56)65(66-63)46-23-16-22-44(39-46)61(53-29-11-8-24-49(53)50-25-9-12-30-54(50)61)45-34-35-52-51-26-10-13-31-55(51)64(58(52)40-45)59-38-43(36-37-62-59)60-47(41-18-4-2-5-19-41)27-17-28-48(60)42-20-6-3-7-21-42;/h2-38H,1H3;/q-2;/p+1. The van der Waals surface area contributed by atoms with Crippen molar-refractivity contribution in [2.24, 2.45) is 0 Å². The van der Waals surface area contributed by atoms with E-state index in [2.05, 4.69) is 235 Å². The van der Waals surface area contributed by atoms with Gasteiger partial charge in [-0.25, -0.2) is 4.98 Å². The number of benzene rings is 9. The maximum absolute atomic E-state index is 5.18. The first kappa shape index (κ1) is 40.7. The average molecular weight is 1040 g/mol. The monoisotopic (exact) mass is 1040 g/mol. The minimum absolute atomic E-state index is 0. The molecule has 9 aromatic carbocycles. The van der Waals surface area contributed by atoms with E-state index in [1.165, 1.54) is 33.4 Å². The molecular formula is C61H41N4OPt-. The number of hydrogen-bond donors (Lipinski definition) is 0. The van der Waals surface area contributed by atoms with Gasteiger partial charge in [-0.1, -0.05) is 163 Å². The quantitative estimate of drug-likeness (QED) is 0.118. The molecule has 0 atom stereocenters. The Morgan fingerprint density at radius 1 is 0.478 bits per heavy atom. The molecule has 2 aromatic heterocycles. The molecule has 11 aromatic rings. The van der Waals surface area contributed by atoms with Gasteiger partial charge in [-0.2, -0.15) is 35.3 Å². The van der Waals surface area contributed by atoms with E-state index in [4.69, 9.17) is 9.92 Å². The second-order valence-electron chi connectivity index (χ2n) is 17.1. The molecule has 2 aliphatic rings. The van der Waals surface area contributed by atoms with Gasteiger partial charge in [0.15, 0.2) is 0 Å². The zero-order valence-electron chi connectivity index (χ0n) is 36.4. The van der Waals surface area contributed by atoms with Crippen molar-refractivity contribution in [3.05, 3.63) is 259 Å². The second-order valence-corrected chi connectivity index (χ2v) is 17.1. The number of para-hydroxylation sites is 3. The third-order valence-electron chi connectivity index (χ3n) is 13.5. The molecule has 322 valence electrons. The van der Waals surface area contributed by atoms with E-state index in [1.807, 2.05) is 23.4 Å². The van der Waals surface area contributed by atoms with Crippen LogP contribution in [0.5, 0.6) is 0 Å². The van der Waals surface area contributed by atoms with E-state index < -0.39 is 5.41 Å². The molecule has 1 aliphatic carbocycles. The Morgan fingerprint density at radius 3 is 1.78 bits per heavy atom. The number of nitrogens with zero attached hydrogens (tertiary/aromatic N) is 4. The van der Waals surface area contributed by atoms with Gasteiger partial charge in [-0.05, 0) is 91.4 Å². The van der Waals surface area contributed by atoms with Crippen molar-refractivity contribution in [3.63, 3.8) is 0 Å². The zero-order valence-corrected chi connectivity index (χ0v) is 38.7. The SMILES string of the molecule is CN1[OH+]N(c2[c-]c(C3(c4[c-]c5c(cc4)c4ccccc4n5-c4cc(-c5c(-c6ccccc6)cccc5-c5ccccc5)ccn4)c4ccccc4-c4ccccc43)ccc2)c2ccccc21.[Pt]. The normalized spacial score (nSPS) is 13.3. The van der Waals surface area contributed by atoms with Crippen LogP contribution in [0.2, 0.25) is 0 Å². The summed E-state index contributed by atoms with van der Waals surface area (Å²) in [4.78, 5) is 10.2. The summed E-state index contributed by atoms with van der Waals surface area (Å²) in [7, 11) is 1.99. The molecule has 13 rings (SSSR count). The predicted octanol–water partition coefficient (Wildman–Crippen LogP) is 14.6. The van der Waals surface area contributed by atoms with E-state index in [0.29, 0.717) is 0 Å². The van der Waals surface area contributed by atoms with Crippen LogP contribution >= 0.6 is 0 Å². The smallest absolute Gasteiger partial charge is 0.145 e. The second kappa shape index (κ2) is 16.3. The summed E-state index contributed by atoms with van der Waals surface area (Å²) in [5.74, 6) is 0.822. The van der Waals surface area contributed by atoms with Crippen molar-refractivity contribution < 1.29 is 26.0 Å². The minimum Gasteiger partial charge on any atom is -0.319 e. The van der Waals surface area contributed by atoms with Crippen LogP contribution in [0, 0.1) is 12.1 Å². The van der Waals surface area contributed by atoms with Crippen molar-refractivity contribution in [2.75, 3.05) is 17.2 Å². The first-order chi connectivity index (χ1) is 32.7. The molecule has 0 spiro atoms. The molecule has 0 saturated heterocycles. The number of aromatic nitrogens is 2. The summed E-state index contributed by atoms with van der Waals surface area (Å²) in [6, 6.07) is 86.2. The van der Waals surface area contributed by atoms with Gasteiger partial charge in [0.1, 0.15) is 17.2 Å². The number of rotatable bonds is 7. The Labute approximate surface area is 404 Å². The topological polar surface area (TPSA) is 37.1 Å². The Bertz CT molecular complexity index is 3570.